The summed E-state index contributed by atoms with van der Waals surface area (Å²) in [5.41, 5.74) is 2.68. The second-order valence-electron chi connectivity index (χ2n) is 8.56. The fourth-order valence-corrected chi connectivity index (χ4v) is 3.86. The Bertz CT molecular complexity index is 1360. The first-order valence-electron chi connectivity index (χ1n) is 10.8. The predicted octanol–water partition coefficient (Wildman–Crippen LogP) is 7.02. The Morgan fingerprint density at radius 1 is 1.06 bits per heavy atom. The fraction of sp³-hybridized carbons (Fsp3) is 0.296. The van der Waals surface area contributed by atoms with Gasteiger partial charge in [-0.15, -0.1) is 0 Å². The van der Waals surface area contributed by atoms with E-state index in [1.807, 2.05) is 39.8 Å². The number of phenolic OH excluding ortho intramolecular Hbond substituents is 2. The molecule has 0 amide bonds. The minimum atomic E-state index is -0.798. The molecule has 180 valence electrons. The third-order valence-corrected chi connectivity index (χ3v) is 5.89. The lowest BCUT2D eigenvalue weighted by molar-refractivity contribution is 0.396. The van der Waals surface area contributed by atoms with Gasteiger partial charge in [-0.3, -0.25) is 4.79 Å². The van der Waals surface area contributed by atoms with Gasteiger partial charge in [0.05, 0.1) is 7.11 Å². The monoisotopic (exact) mass is 486 g/mol. The van der Waals surface area contributed by atoms with Crippen LogP contribution < -0.4 is 10.2 Å². The summed E-state index contributed by atoms with van der Waals surface area (Å²) in [7, 11) is 1.32. The molecule has 0 bridgehead atoms. The van der Waals surface area contributed by atoms with E-state index >= 15 is 0 Å². The number of methoxy groups -OCH3 is 1. The van der Waals surface area contributed by atoms with Gasteiger partial charge in [-0.2, -0.15) is 0 Å². The number of rotatable bonds is 7. The zero-order valence-electron chi connectivity index (χ0n) is 19.9. The van der Waals surface area contributed by atoms with Crippen molar-refractivity contribution in [1.29, 1.82) is 0 Å². The van der Waals surface area contributed by atoms with Gasteiger partial charge in [0.25, 0.3) is 0 Å². The lowest BCUT2D eigenvalue weighted by Gasteiger charge is -2.17. The van der Waals surface area contributed by atoms with Crippen LogP contribution >= 0.6 is 11.6 Å². The number of hydrogen-bond donors (Lipinski definition) is 2. The van der Waals surface area contributed by atoms with Gasteiger partial charge in [0.1, 0.15) is 29.1 Å². The highest BCUT2D eigenvalue weighted by Gasteiger charge is 2.26. The second-order valence-corrected chi connectivity index (χ2v) is 8.97. The number of benzene rings is 2. The predicted molar refractivity (Wildman–Crippen MR) is 134 cm³/mol. The van der Waals surface area contributed by atoms with Crippen molar-refractivity contribution in [3.05, 3.63) is 73.4 Å². The molecule has 0 fully saturated rings. The van der Waals surface area contributed by atoms with Crippen molar-refractivity contribution in [2.75, 3.05) is 7.11 Å². The molecule has 7 heteroatoms. The van der Waals surface area contributed by atoms with E-state index in [2.05, 4.69) is 0 Å². The molecule has 2 N–H and O–H groups in total. The zero-order chi connectivity index (χ0) is 25.2. The minimum Gasteiger partial charge on any atom is -0.507 e. The zero-order valence-corrected chi connectivity index (χ0v) is 20.6. The number of ether oxygens (including phenoxy) is 1. The van der Waals surface area contributed by atoms with Gasteiger partial charge in [0, 0.05) is 27.3 Å². The van der Waals surface area contributed by atoms with Crippen LogP contribution in [0.15, 0.2) is 50.7 Å². The third kappa shape index (κ3) is 4.82. The SMILES string of the molecule is COc1c(-c2ccc(Cl)c(CF)c2)oc2c(CC=C(C)C)c(O)c(CC=C(C)C)c(O)c2c1=O. The van der Waals surface area contributed by atoms with Crippen molar-refractivity contribution >= 4 is 22.6 Å². The molecule has 0 spiro atoms. The number of alkyl halides is 1. The molecular formula is C27H28ClFO5. The summed E-state index contributed by atoms with van der Waals surface area (Å²) in [4.78, 5) is 13.5. The van der Waals surface area contributed by atoms with Crippen LogP contribution in [0.25, 0.3) is 22.3 Å². The van der Waals surface area contributed by atoms with Crippen molar-refractivity contribution < 1.29 is 23.8 Å². The molecule has 1 heterocycles. The lowest BCUT2D eigenvalue weighted by Crippen LogP contribution is -2.10. The molecule has 0 saturated carbocycles. The Kier molecular flexibility index (Phi) is 7.72. The van der Waals surface area contributed by atoms with Crippen LogP contribution in [-0.2, 0) is 19.5 Å². The van der Waals surface area contributed by atoms with Crippen molar-refractivity contribution in [3.8, 4) is 28.6 Å². The van der Waals surface area contributed by atoms with E-state index in [1.165, 1.54) is 19.2 Å². The van der Waals surface area contributed by atoms with Crippen LogP contribution in [0.3, 0.4) is 0 Å². The second kappa shape index (κ2) is 10.3. The Hall–Kier alpha value is -3.25. The molecule has 0 aliphatic rings. The first-order valence-corrected chi connectivity index (χ1v) is 11.2. The molecule has 0 aliphatic carbocycles. The lowest BCUT2D eigenvalue weighted by atomic mass is 9.96. The molecular weight excluding hydrogens is 459 g/mol. The molecule has 0 aliphatic heterocycles. The van der Waals surface area contributed by atoms with Gasteiger partial charge < -0.3 is 19.4 Å². The van der Waals surface area contributed by atoms with Gasteiger partial charge in [-0.05, 0) is 58.7 Å². The first-order chi connectivity index (χ1) is 16.1. The van der Waals surface area contributed by atoms with Crippen molar-refractivity contribution in [2.24, 2.45) is 0 Å². The summed E-state index contributed by atoms with van der Waals surface area (Å²) in [6.07, 6.45) is 4.25. The summed E-state index contributed by atoms with van der Waals surface area (Å²) < 4.78 is 24.9. The highest BCUT2D eigenvalue weighted by Crippen LogP contribution is 2.43. The van der Waals surface area contributed by atoms with Gasteiger partial charge in [0.15, 0.2) is 5.76 Å². The largest absolute Gasteiger partial charge is 0.507 e. The maximum atomic E-state index is 13.5. The van der Waals surface area contributed by atoms with Crippen LogP contribution in [0.2, 0.25) is 5.02 Å². The fourth-order valence-electron chi connectivity index (χ4n) is 3.69. The number of aromatic hydroxyl groups is 2. The molecule has 0 saturated heterocycles. The van der Waals surface area contributed by atoms with Crippen LogP contribution in [0.1, 0.15) is 44.4 Å². The Balaban J connectivity index is 2.46. The average molecular weight is 487 g/mol. The quantitative estimate of drug-likeness (QED) is 0.351. The standard InChI is InChI=1S/C27H28ClFO5/c1-14(2)6-9-18-22(30)19(10-7-15(3)4)26-21(23(18)31)24(32)27(33-5)25(34-26)16-8-11-20(28)17(12-16)13-29/h6-8,11-12,30-31H,9-10,13H2,1-5H3. The van der Waals surface area contributed by atoms with E-state index in [0.29, 0.717) is 11.1 Å². The summed E-state index contributed by atoms with van der Waals surface area (Å²) in [5.74, 6) is -0.576. The van der Waals surface area contributed by atoms with Crippen molar-refractivity contribution in [3.63, 3.8) is 0 Å². The highest BCUT2D eigenvalue weighted by molar-refractivity contribution is 6.31. The van der Waals surface area contributed by atoms with Crippen LogP contribution in [0, 0.1) is 0 Å². The number of allylic oxidation sites excluding steroid dienone is 4. The van der Waals surface area contributed by atoms with Crippen LogP contribution in [-0.4, -0.2) is 17.3 Å². The number of phenols is 2. The van der Waals surface area contributed by atoms with Gasteiger partial charge in [0.2, 0.25) is 11.2 Å². The molecule has 3 aromatic rings. The van der Waals surface area contributed by atoms with Gasteiger partial charge >= 0.3 is 0 Å². The van der Waals surface area contributed by atoms with Gasteiger partial charge in [-0.25, -0.2) is 4.39 Å². The maximum Gasteiger partial charge on any atom is 0.239 e. The molecule has 5 nitrogen and oxygen atoms in total. The highest BCUT2D eigenvalue weighted by atomic mass is 35.5. The number of hydrogen-bond acceptors (Lipinski definition) is 5. The molecule has 0 atom stereocenters. The smallest absolute Gasteiger partial charge is 0.239 e. The Morgan fingerprint density at radius 3 is 2.24 bits per heavy atom. The van der Waals surface area contributed by atoms with E-state index in [1.54, 1.807) is 6.07 Å². The molecule has 0 unspecified atom stereocenters. The van der Waals surface area contributed by atoms with Crippen molar-refractivity contribution in [2.45, 2.75) is 47.2 Å². The van der Waals surface area contributed by atoms with E-state index in [0.717, 1.165) is 11.1 Å². The summed E-state index contributed by atoms with van der Waals surface area (Å²) in [6, 6.07) is 4.58. The van der Waals surface area contributed by atoms with E-state index < -0.39 is 12.1 Å². The van der Waals surface area contributed by atoms with Crippen LogP contribution in [0.4, 0.5) is 4.39 Å². The maximum absolute atomic E-state index is 13.5. The molecule has 0 radical (unpaired) electrons. The first kappa shape index (κ1) is 25.4. The van der Waals surface area contributed by atoms with E-state index in [9.17, 15) is 19.4 Å². The minimum absolute atomic E-state index is 0.0472. The molecule has 34 heavy (non-hydrogen) atoms. The molecule has 3 rings (SSSR count). The number of halogens is 2. The van der Waals surface area contributed by atoms with Crippen LogP contribution in [0.5, 0.6) is 17.2 Å². The third-order valence-electron chi connectivity index (χ3n) is 5.52. The Labute approximate surface area is 202 Å². The average Bonchev–Trinajstić information content (AvgIpc) is 2.78. The van der Waals surface area contributed by atoms with Gasteiger partial charge in [-0.1, -0.05) is 34.9 Å². The van der Waals surface area contributed by atoms with Crippen molar-refractivity contribution in [1.82, 2.24) is 0 Å². The summed E-state index contributed by atoms with van der Waals surface area (Å²) in [5, 5.41) is 22.3. The number of fused-ring (bicyclic) bond motifs is 1. The molecule has 1 aromatic heterocycles. The Morgan fingerprint density at radius 2 is 1.68 bits per heavy atom. The van der Waals surface area contributed by atoms with E-state index in [4.69, 9.17) is 20.8 Å². The summed E-state index contributed by atoms with van der Waals surface area (Å²) in [6.45, 7) is 6.84. The van der Waals surface area contributed by atoms with E-state index in [-0.39, 0.29) is 63.0 Å². The topological polar surface area (TPSA) is 79.9 Å². The summed E-state index contributed by atoms with van der Waals surface area (Å²) >= 11 is 6.05. The normalized spacial score (nSPS) is 10.9. The molecule has 2 aromatic carbocycles.